The summed E-state index contributed by atoms with van der Waals surface area (Å²) in [6.07, 6.45) is 5.29. The van der Waals surface area contributed by atoms with Gasteiger partial charge in [0.05, 0.1) is 0 Å². The van der Waals surface area contributed by atoms with E-state index in [2.05, 4.69) is 30.7 Å². The zero-order valence-electron chi connectivity index (χ0n) is 7.93. The number of rotatable bonds is 0. The molecule has 1 heteroatoms. The minimum Gasteiger partial charge on any atom is -0.202 e. The van der Waals surface area contributed by atoms with Crippen LogP contribution < -0.4 is 4.57 Å². The third kappa shape index (κ3) is 1.13. The average molecular weight is 162 g/mol. The molecular formula is C11H16N+. The first kappa shape index (κ1) is 7.78. The van der Waals surface area contributed by atoms with E-state index in [0.29, 0.717) is 0 Å². The molecule has 1 aromatic rings. The number of nitrogens with zero attached hydrogens (tertiary/aromatic N) is 1. The molecule has 12 heavy (non-hydrogen) atoms. The van der Waals surface area contributed by atoms with Crippen molar-refractivity contribution in [1.29, 1.82) is 0 Å². The highest BCUT2D eigenvalue weighted by Crippen LogP contribution is 2.17. The lowest BCUT2D eigenvalue weighted by molar-refractivity contribution is -0.686. The lowest BCUT2D eigenvalue weighted by atomic mass is 9.95. The maximum atomic E-state index is 2.34. The molecule has 0 bridgehead atoms. The molecule has 0 atom stereocenters. The second-order valence-electron chi connectivity index (χ2n) is 3.71. The molecule has 1 heterocycles. The van der Waals surface area contributed by atoms with Gasteiger partial charge in [-0.3, -0.25) is 0 Å². The Kier molecular flexibility index (Phi) is 1.87. The van der Waals surface area contributed by atoms with Crippen LogP contribution in [0.1, 0.15) is 29.8 Å². The highest BCUT2D eigenvalue weighted by atomic mass is 14.9. The van der Waals surface area contributed by atoms with Gasteiger partial charge in [0, 0.05) is 25.0 Å². The Morgan fingerprint density at radius 2 is 1.92 bits per heavy atom. The third-order valence-electron chi connectivity index (χ3n) is 2.94. The summed E-state index contributed by atoms with van der Waals surface area (Å²) >= 11 is 0. The van der Waals surface area contributed by atoms with Gasteiger partial charge in [-0.25, -0.2) is 4.57 Å². The van der Waals surface area contributed by atoms with Crippen LogP contribution in [0.3, 0.4) is 0 Å². The highest BCUT2D eigenvalue weighted by molar-refractivity contribution is 5.20. The molecule has 0 saturated carbocycles. The molecule has 0 spiro atoms. The largest absolute Gasteiger partial charge is 0.202 e. The van der Waals surface area contributed by atoms with Crippen molar-refractivity contribution in [3.8, 4) is 0 Å². The Labute approximate surface area is 74.0 Å². The van der Waals surface area contributed by atoms with Crippen LogP contribution in [0.25, 0.3) is 0 Å². The van der Waals surface area contributed by atoms with Crippen LogP contribution in [0.2, 0.25) is 0 Å². The zero-order valence-corrected chi connectivity index (χ0v) is 7.93. The van der Waals surface area contributed by atoms with Gasteiger partial charge in [-0.05, 0) is 25.3 Å². The first-order valence-corrected chi connectivity index (χ1v) is 4.76. The van der Waals surface area contributed by atoms with Crippen molar-refractivity contribution < 1.29 is 4.57 Å². The summed E-state index contributed by atoms with van der Waals surface area (Å²) in [6.45, 7) is 2.18. The number of hydrogen-bond acceptors (Lipinski definition) is 0. The fourth-order valence-electron chi connectivity index (χ4n) is 2.02. The van der Waals surface area contributed by atoms with Gasteiger partial charge in [0.25, 0.3) is 0 Å². The molecule has 0 aromatic carbocycles. The number of aryl methyl sites for hydroxylation is 2. The molecule has 1 aromatic heterocycles. The molecule has 0 radical (unpaired) electrons. The fraction of sp³-hybridized carbons (Fsp3) is 0.545. The van der Waals surface area contributed by atoms with Gasteiger partial charge in [0.1, 0.15) is 7.05 Å². The molecule has 0 N–H and O–H groups in total. The molecule has 0 fully saturated rings. The molecule has 0 saturated heterocycles. The van der Waals surface area contributed by atoms with Gasteiger partial charge in [-0.15, -0.1) is 0 Å². The van der Waals surface area contributed by atoms with E-state index in [1.165, 1.54) is 31.4 Å². The molecule has 1 aliphatic carbocycles. The fourth-order valence-corrected chi connectivity index (χ4v) is 2.02. The molecule has 1 nitrogen and oxygen atoms in total. The summed E-state index contributed by atoms with van der Waals surface area (Å²) in [7, 11) is 2.18. The van der Waals surface area contributed by atoms with Crippen molar-refractivity contribution in [2.75, 3.05) is 0 Å². The topological polar surface area (TPSA) is 3.88 Å². The second-order valence-corrected chi connectivity index (χ2v) is 3.71. The van der Waals surface area contributed by atoms with Gasteiger partial charge in [0.2, 0.25) is 0 Å². The highest BCUT2D eigenvalue weighted by Gasteiger charge is 2.18. The van der Waals surface area contributed by atoms with E-state index in [1.54, 1.807) is 11.3 Å². The van der Waals surface area contributed by atoms with Crippen molar-refractivity contribution in [1.82, 2.24) is 0 Å². The molecule has 0 aliphatic heterocycles. The Balaban J connectivity index is 2.54. The molecule has 0 unspecified atom stereocenters. The average Bonchev–Trinajstić information content (AvgIpc) is 2.12. The quantitative estimate of drug-likeness (QED) is 0.511. The maximum Gasteiger partial charge on any atom is 0.184 e. The molecular weight excluding hydrogens is 146 g/mol. The van der Waals surface area contributed by atoms with Crippen LogP contribution in [0, 0.1) is 6.92 Å². The SMILES string of the molecule is Cc1ccc2c([n+]1C)CCCC2. The monoisotopic (exact) mass is 162 g/mol. The first-order valence-electron chi connectivity index (χ1n) is 4.76. The first-order chi connectivity index (χ1) is 5.79. The Morgan fingerprint density at radius 1 is 1.17 bits per heavy atom. The predicted octanol–water partition coefficient (Wildman–Crippen LogP) is 1.70. The lowest BCUT2D eigenvalue weighted by Gasteiger charge is -2.13. The number of pyridine rings is 1. The van der Waals surface area contributed by atoms with E-state index in [0.717, 1.165) is 0 Å². The smallest absolute Gasteiger partial charge is 0.184 e. The number of hydrogen-bond donors (Lipinski definition) is 0. The predicted molar refractivity (Wildman–Crippen MR) is 49.0 cm³/mol. The summed E-state index contributed by atoms with van der Waals surface area (Å²) in [4.78, 5) is 0. The summed E-state index contributed by atoms with van der Waals surface area (Å²) in [5, 5.41) is 0. The number of fused-ring (bicyclic) bond motifs is 1. The molecule has 64 valence electrons. The standard InChI is InChI=1S/C11H16N/c1-9-7-8-10-5-3-4-6-11(10)12(9)2/h7-8H,3-6H2,1-2H3/q+1. The maximum absolute atomic E-state index is 2.34. The van der Waals surface area contributed by atoms with E-state index in [-0.39, 0.29) is 0 Å². The normalized spacial score (nSPS) is 15.8. The van der Waals surface area contributed by atoms with Crippen LogP contribution in [0.15, 0.2) is 12.1 Å². The minimum atomic E-state index is 1.27. The van der Waals surface area contributed by atoms with Crippen LogP contribution in [0.4, 0.5) is 0 Å². The van der Waals surface area contributed by atoms with Crippen LogP contribution in [-0.2, 0) is 19.9 Å². The van der Waals surface area contributed by atoms with E-state index in [9.17, 15) is 0 Å². The van der Waals surface area contributed by atoms with Gasteiger partial charge >= 0.3 is 0 Å². The van der Waals surface area contributed by atoms with Crippen molar-refractivity contribution in [3.05, 3.63) is 29.1 Å². The summed E-state index contributed by atoms with van der Waals surface area (Å²) in [5.74, 6) is 0. The van der Waals surface area contributed by atoms with Gasteiger partial charge in [0.15, 0.2) is 11.4 Å². The molecule has 0 amide bonds. The van der Waals surface area contributed by atoms with Crippen LogP contribution in [-0.4, -0.2) is 0 Å². The lowest BCUT2D eigenvalue weighted by Crippen LogP contribution is -2.39. The van der Waals surface area contributed by atoms with Gasteiger partial charge in [-0.2, -0.15) is 0 Å². The Morgan fingerprint density at radius 3 is 2.75 bits per heavy atom. The van der Waals surface area contributed by atoms with Crippen LogP contribution >= 0.6 is 0 Å². The number of aromatic nitrogens is 1. The van der Waals surface area contributed by atoms with Gasteiger partial charge < -0.3 is 0 Å². The third-order valence-corrected chi connectivity index (χ3v) is 2.94. The Hall–Kier alpha value is -0.850. The summed E-state index contributed by atoms with van der Waals surface area (Å²) < 4.78 is 2.34. The van der Waals surface area contributed by atoms with E-state index >= 15 is 0 Å². The zero-order chi connectivity index (χ0) is 8.55. The summed E-state index contributed by atoms with van der Waals surface area (Å²) in [6, 6.07) is 4.52. The van der Waals surface area contributed by atoms with E-state index in [4.69, 9.17) is 0 Å². The van der Waals surface area contributed by atoms with Crippen molar-refractivity contribution in [2.45, 2.75) is 32.6 Å². The van der Waals surface area contributed by atoms with Gasteiger partial charge in [-0.1, -0.05) is 0 Å². The van der Waals surface area contributed by atoms with Crippen molar-refractivity contribution in [2.24, 2.45) is 7.05 Å². The summed E-state index contributed by atoms with van der Waals surface area (Å²) in [5.41, 5.74) is 4.49. The van der Waals surface area contributed by atoms with E-state index < -0.39 is 0 Å². The minimum absolute atomic E-state index is 1.27. The van der Waals surface area contributed by atoms with E-state index in [1.807, 2.05) is 0 Å². The Bertz CT molecular complexity index is 302. The molecule has 2 rings (SSSR count). The molecule has 1 aliphatic rings. The second kappa shape index (κ2) is 2.89. The van der Waals surface area contributed by atoms with Crippen molar-refractivity contribution >= 4 is 0 Å². The van der Waals surface area contributed by atoms with Crippen LogP contribution in [0.5, 0.6) is 0 Å². The van der Waals surface area contributed by atoms with Crippen molar-refractivity contribution in [3.63, 3.8) is 0 Å².